The lowest BCUT2D eigenvalue weighted by Gasteiger charge is -2.09. The Morgan fingerprint density at radius 2 is 0.920 bits per heavy atom. The maximum absolute atomic E-state index is 5.61. The van der Waals surface area contributed by atoms with Crippen LogP contribution in [-0.4, -0.2) is 66.1 Å². The summed E-state index contributed by atoms with van der Waals surface area (Å²) >= 11 is 0. The van der Waals surface area contributed by atoms with Gasteiger partial charge >= 0.3 is 0 Å². The summed E-state index contributed by atoms with van der Waals surface area (Å²) in [6, 6.07) is 7.54. The van der Waals surface area contributed by atoms with Gasteiger partial charge in [-0.2, -0.15) is 0 Å². The fourth-order valence-electron chi connectivity index (χ4n) is 1.90. The molecule has 1 rings (SSSR count). The Labute approximate surface area is 151 Å². The average molecular weight is 356 g/mol. The van der Waals surface area contributed by atoms with E-state index in [1.807, 2.05) is 31.2 Å². The minimum absolute atomic E-state index is 0.514. The Morgan fingerprint density at radius 1 is 0.520 bits per heavy atom. The molecule has 0 saturated carbocycles. The molecular weight excluding hydrogens is 324 g/mol. The van der Waals surface area contributed by atoms with Crippen LogP contribution in [0.1, 0.15) is 20.3 Å². The van der Waals surface area contributed by atoms with E-state index in [1.165, 1.54) is 0 Å². The van der Waals surface area contributed by atoms with E-state index in [1.54, 1.807) is 0 Å². The van der Waals surface area contributed by atoms with Gasteiger partial charge in [0.15, 0.2) is 0 Å². The highest BCUT2D eigenvalue weighted by Gasteiger charge is 1.98. The molecule has 0 aromatic heterocycles. The van der Waals surface area contributed by atoms with Crippen molar-refractivity contribution >= 4 is 0 Å². The number of benzene rings is 1. The second-order valence-electron chi connectivity index (χ2n) is 5.20. The van der Waals surface area contributed by atoms with Crippen LogP contribution in [-0.2, 0) is 18.9 Å². The molecule has 0 aliphatic carbocycles. The van der Waals surface area contributed by atoms with Gasteiger partial charge in [0.2, 0.25) is 0 Å². The predicted octanol–water partition coefficient (Wildman–Crippen LogP) is 2.94. The average Bonchev–Trinajstić information content (AvgIpc) is 2.64. The Bertz CT molecular complexity index is 395. The molecule has 0 radical (unpaired) electrons. The molecule has 0 spiro atoms. The van der Waals surface area contributed by atoms with Crippen LogP contribution in [0.15, 0.2) is 24.3 Å². The molecule has 25 heavy (non-hydrogen) atoms. The largest absolute Gasteiger partial charge is 0.491 e. The number of ether oxygens (including phenoxy) is 6. The molecule has 1 aromatic rings. The summed E-state index contributed by atoms with van der Waals surface area (Å²) in [5.41, 5.74) is 0. The van der Waals surface area contributed by atoms with Crippen LogP contribution in [0.2, 0.25) is 0 Å². The Morgan fingerprint density at radius 3 is 1.36 bits per heavy atom. The summed E-state index contributed by atoms with van der Waals surface area (Å²) in [6.45, 7) is 10.1. The number of hydrogen-bond donors (Lipinski definition) is 0. The van der Waals surface area contributed by atoms with E-state index in [2.05, 4.69) is 6.92 Å². The van der Waals surface area contributed by atoms with E-state index in [9.17, 15) is 0 Å². The molecule has 144 valence electrons. The van der Waals surface area contributed by atoms with E-state index >= 15 is 0 Å². The van der Waals surface area contributed by atoms with Crippen molar-refractivity contribution in [3.8, 4) is 11.5 Å². The van der Waals surface area contributed by atoms with Crippen LogP contribution in [0, 0.1) is 0 Å². The van der Waals surface area contributed by atoms with Gasteiger partial charge in [0.25, 0.3) is 0 Å². The van der Waals surface area contributed by atoms with Gasteiger partial charge in [-0.15, -0.1) is 0 Å². The first kappa shape index (κ1) is 21.7. The predicted molar refractivity (Wildman–Crippen MR) is 96.7 cm³/mol. The smallest absolute Gasteiger partial charge is 0.119 e. The molecule has 6 heteroatoms. The van der Waals surface area contributed by atoms with E-state index in [0.717, 1.165) is 24.5 Å². The molecule has 0 heterocycles. The second kappa shape index (κ2) is 16.1. The van der Waals surface area contributed by atoms with Crippen molar-refractivity contribution < 1.29 is 28.4 Å². The molecule has 0 fully saturated rings. The first-order valence-corrected chi connectivity index (χ1v) is 9.03. The minimum Gasteiger partial charge on any atom is -0.491 e. The first-order chi connectivity index (χ1) is 12.4. The molecule has 0 saturated heterocycles. The Balaban J connectivity index is 2.00. The summed E-state index contributed by atoms with van der Waals surface area (Å²) < 4.78 is 32.5. The van der Waals surface area contributed by atoms with E-state index in [-0.39, 0.29) is 0 Å². The standard InChI is InChI=1S/C19H32O6/c1-3-9-21-12-13-23-15-17-25-19-7-5-18(6-8-19)24-16-14-22-11-10-20-4-2/h5-8H,3-4,9-17H2,1-2H3. The molecule has 0 aliphatic heterocycles. The molecule has 0 atom stereocenters. The molecule has 0 amide bonds. The summed E-state index contributed by atoms with van der Waals surface area (Å²) in [5.74, 6) is 1.59. The lowest BCUT2D eigenvalue weighted by atomic mass is 10.3. The first-order valence-electron chi connectivity index (χ1n) is 9.03. The third-order valence-electron chi connectivity index (χ3n) is 3.11. The highest BCUT2D eigenvalue weighted by molar-refractivity contribution is 5.31. The monoisotopic (exact) mass is 356 g/mol. The summed E-state index contributed by atoms with van der Waals surface area (Å²) in [6.07, 6.45) is 1.03. The van der Waals surface area contributed by atoms with Crippen LogP contribution in [0.5, 0.6) is 11.5 Å². The summed E-state index contributed by atoms with van der Waals surface area (Å²) in [4.78, 5) is 0. The fourth-order valence-corrected chi connectivity index (χ4v) is 1.90. The molecule has 0 unspecified atom stereocenters. The van der Waals surface area contributed by atoms with Gasteiger partial charge < -0.3 is 28.4 Å². The fraction of sp³-hybridized carbons (Fsp3) is 0.684. The Hall–Kier alpha value is -1.34. The van der Waals surface area contributed by atoms with Crippen molar-refractivity contribution in [2.24, 2.45) is 0 Å². The quantitative estimate of drug-likeness (QED) is 0.400. The van der Waals surface area contributed by atoms with Crippen LogP contribution in [0.3, 0.4) is 0 Å². The highest BCUT2D eigenvalue weighted by Crippen LogP contribution is 2.17. The SMILES string of the molecule is CCCOCCOCCOc1ccc(OCCOCCOCC)cc1. The number of hydrogen-bond acceptors (Lipinski definition) is 6. The van der Waals surface area contributed by atoms with Gasteiger partial charge in [-0.1, -0.05) is 6.92 Å². The zero-order valence-corrected chi connectivity index (χ0v) is 15.5. The van der Waals surface area contributed by atoms with Crippen LogP contribution in [0.25, 0.3) is 0 Å². The second-order valence-corrected chi connectivity index (χ2v) is 5.20. The van der Waals surface area contributed by atoms with Crippen molar-refractivity contribution in [2.45, 2.75) is 20.3 Å². The van der Waals surface area contributed by atoms with E-state index in [0.29, 0.717) is 59.5 Å². The molecular formula is C19H32O6. The van der Waals surface area contributed by atoms with E-state index < -0.39 is 0 Å². The molecule has 6 nitrogen and oxygen atoms in total. The topological polar surface area (TPSA) is 55.4 Å². The summed E-state index contributed by atoms with van der Waals surface area (Å²) in [7, 11) is 0. The van der Waals surface area contributed by atoms with Gasteiger partial charge in [0.05, 0.1) is 39.6 Å². The van der Waals surface area contributed by atoms with Crippen molar-refractivity contribution in [3.63, 3.8) is 0 Å². The van der Waals surface area contributed by atoms with Gasteiger partial charge in [0, 0.05) is 13.2 Å². The normalized spacial score (nSPS) is 10.8. The maximum atomic E-state index is 5.61. The van der Waals surface area contributed by atoms with Crippen LogP contribution >= 0.6 is 0 Å². The van der Waals surface area contributed by atoms with Crippen molar-refractivity contribution in [2.75, 3.05) is 66.1 Å². The molecule has 0 aliphatic rings. The van der Waals surface area contributed by atoms with E-state index in [4.69, 9.17) is 28.4 Å². The third-order valence-corrected chi connectivity index (χ3v) is 3.11. The van der Waals surface area contributed by atoms with Gasteiger partial charge in [-0.25, -0.2) is 0 Å². The minimum atomic E-state index is 0.514. The van der Waals surface area contributed by atoms with Crippen molar-refractivity contribution in [3.05, 3.63) is 24.3 Å². The lowest BCUT2D eigenvalue weighted by Crippen LogP contribution is -2.11. The maximum Gasteiger partial charge on any atom is 0.119 e. The van der Waals surface area contributed by atoms with Crippen molar-refractivity contribution in [1.82, 2.24) is 0 Å². The van der Waals surface area contributed by atoms with Gasteiger partial charge in [-0.3, -0.25) is 0 Å². The highest BCUT2D eigenvalue weighted by atomic mass is 16.5. The van der Waals surface area contributed by atoms with Crippen molar-refractivity contribution in [1.29, 1.82) is 0 Å². The summed E-state index contributed by atoms with van der Waals surface area (Å²) in [5, 5.41) is 0. The zero-order chi connectivity index (χ0) is 18.0. The number of rotatable bonds is 17. The Kier molecular flexibility index (Phi) is 14.0. The molecule has 0 bridgehead atoms. The molecule has 0 N–H and O–H groups in total. The third kappa shape index (κ3) is 12.6. The lowest BCUT2D eigenvalue weighted by molar-refractivity contribution is 0.0365. The van der Waals surface area contributed by atoms with Gasteiger partial charge in [-0.05, 0) is 37.6 Å². The molecule has 1 aromatic carbocycles. The van der Waals surface area contributed by atoms with Crippen LogP contribution in [0.4, 0.5) is 0 Å². The van der Waals surface area contributed by atoms with Gasteiger partial charge in [0.1, 0.15) is 24.7 Å². The van der Waals surface area contributed by atoms with Crippen LogP contribution < -0.4 is 9.47 Å². The zero-order valence-electron chi connectivity index (χ0n) is 15.5.